The van der Waals surface area contributed by atoms with E-state index in [9.17, 15) is 10.1 Å². The number of nitro groups is 1. The van der Waals surface area contributed by atoms with Crippen LogP contribution in [0.15, 0.2) is 18.2 Å². The van der Waals surface area contributed by atoms with Gasteiger partial charge in [-0.25, -0.2) is 0 Å². The number of anilines is 1. The van der Waals surface area contributed by atoms with E-state index in [0.29, 0.717) is 18.7 Å². The smallest absolute Gasteiger partial charge is 0.292 e. The molecule has 0 bridgehead atoms. The summed E-state index contributed by atoms with van der Waals surface area (Å²) >= 11 is 0. The SMILES string of the molecule is CC.Cc1ccc(NCCCO)c([N+](=O)[O-])c1. The van der Waals surface area contributed by atoms with Crippen molar-refractivity contribution >= 4 is 11.4 Å². The third-order valence-electron chi connectivity index (χ3n) is 2.00. The van der Waals surface area contributed by atoms with Crippen LogP contribution >= 0.6 is 0 Å². The van der Waals surface area contributed by atoms with E-state index in [0.717, 1.165) is 5.56 Å². The maximum atomic E-state index is 10.7. The predicted molar refractivity (Wildman–Crippen MR) is 69.4 cm³/mol. The summed E-state index contributed by atoms with van der Waals surface area (Å²) < 4.78 is 0. The molecule has 0 saturated carbocycles. The number of aliphatic hydroxyl groups is 1. The molecule has 1 aromatic rings. The molecule has 0 atom stereocenters. The van der Waals surface area contributed by atoms with Crippen LogP contribution in [0.4, 0.5) is 11.4 Å². The van der Waals surface area contributed by atoms with Gasteiger partial charge in [0.25, 0.3) is 5.69 Å². The summed E-state index contributed by atoms with van der Waals surface area (Å²) in [6.45, 7) is 6.41. The summed E-state index contributed by atoms with van der Waals surface area (Å²) in [5.41, 5.74) is 1.43. The van der Waals surface area contributed by atoms with Gasteiger partial charge in [0, 0.05) is 19.2 Å². The Bertz CT molecular complexity index is 354. The molecular weight excluding hydrogens is 220 g/mol. The van der Waals surface area contributed by atoms with Gasteiger partial charge in [-0.15, -0.1) is 0 Å². The molecule has 0 aliphatic carbocycles. The maximum absolute atomic E-state index is 10.7. The van der Waals surface area contributed by atoms with E-state index >= 15 is 0 Å². The van der Waals surface area contributed by atoms with Gasteiger partial charge in [0.05, 0.1) is 4.92 Å². The molecule has 96 valence electrons. The van der Waals surface area contributed by atoms with Crippen LogP contribution in [0.3, 0.4) is 0 Å². The van der Waals surface area contributed by atoms with Crippen molar-refractivity contribution in [2.24, 2.45) is 0 Å². The van der Waals surface area contributed by atoms with Crippen LogP contribution in [-0.4, -0.2) is 23.2 Å². The van der Waals surface area contributed by atoms with Crippen LogP contribution in [0.1, 0.15) is 25.8 Å². The Labute approximate surface area is 102 Å². The van der Waals surface area contributed by atoms with Crippen molar-refractivity contribution in [1.82, 2.24) is 0 Å². The van der Waals surface area contributed by atoms with E-state index in [2.05, 4.69) is 5.32 Å². The average molecular weight is 240 g/mol. The van der Waals surface area contributed by atoms with E-state index in [4.69, 9.17) is 5.11 Å². The highest BCUT2D eigenvalue weighted by Crippen LogP contribution is 2.24. The molecule has 17 heavy (non-hydrogen) atoms. The van der Waals surface area contributed by atoms with Crippen LogP contribution in [0, 0.1) is 17.0 Å². The molecule has 0 aromatic heterocycles. The Balaban J connectivity index is 0.00000121. The molecule has 0 radical (unpaired) electrons. The minimum Gasteiger partial charge on any atom is -0.396 e. The fourth-order valence-electron chi connectivity index (χ4n) is 1.24. The summed E-state index contributed by atoms with van der Waals surface area (Å²) in [6.07, 6.45) is 0.574. The lowest BCUT2D eigenvalue weighted by Gasteiger charge is -2.06. The third kappa shape index (κ3) is 5.31. The first kappa shape index (κ1) is 15.4. The van der Waals surface area contributed by atoms with Crippen molar-refractivity contribution in [2.75, 3.05) is 18.5 Å². The van der Waals surface area contributed by atoms with Gasteiger partial charge in [0.1, 0.15) is 5.69 Å². The van der Waals surface area contributed by atoms with E-state index in [-0.39, 0.29) is 12.3 Å². The minimum absolute atomic E-state index is 0.0761. The van der Waals surface area contributed by atoms with Crippen LogP contribution in [0.25, 0.3) is 0 Å². The number of nitrogens with zero attached hydrogens (tertiary/aromatic N) is 1. The van der Waals surface area contributed by atoms with Crippen LogP contribution in [-0.2, 0) is 0 Å². The molecule has 2 N–H and O–H groups in total. The number of hydrogen-bond acceptors (Lipinski definition) is 4. The van der Waals surface area contributed by atoms with Crippen molar-refractivity contribution in [3.63, 3.8) is 0 Å². The van der Waals surface area contributed by atoms with Crippen LogP contribution < -0.4 is 5.32 Å². The van der Waals surface area contributed by atoms with Crippen molar-refractivity contribution in [1.29, 1.82) is 0 Å². The van der Waals surface area contributed by atoms with Gasteiger partial charge < -0.3 is 10.4 Å². The normalized spacial score (nSPS) is 9.18. The summed E-state index contributed by atoms with van der Waals surface area (Å²) in [4.78, 5) is 10.3. The van der Waals surface area contributed by atoms with Gasteiger partial charge in [-0.3, -0.25) is 10.1 Å². The molecule has 0 fully saturated rings. The first-order chi connectivity index (χ1) is 8.15. The van der Waals surface area contributed by atoms with Gasteiger partial charge in [0.2, 0.25) is 0 Å². The van der Waals surface area contributed by atoms with Gasteiger partial charge in [-0.1, -0.05) is 19.9 Å². The van der Waals surface area contributed by atoms with Gasteiger partial charge >= 0.3 is 0 Å². The summed E-state index contributed by atoms with van der Waals surface area (Å²) in [7, 11) is 0. The predicted octanol–water partition coefficient (Wildman–Crippen LogP) is 2.72. The monoisotopic (exact) mass is 240 g/mol. The molecule has 0 saturated heterocycles. The van der Waals surface area contributed by atoms with E-state index < -0.39 is 4.92 Å². The number of nitro benzene ring substituents is 1. The number of hydrogen-bond donors (Lipinski definition) is 2. The van der Waals surface area contributed by atoms with Crippen molar-refractivity contribution in [2.45, 2.75) is 27.2 Å². The Morgan fingerprint density at radius 2 is 2.06 bits per heavy atom. The molecule has 1 rings (SSSR count). The largest absolute Gasteiger partial charge is 0.396 e. The Kier molecular flexibility index (Phi) is 7.71. The molecule has 0 aliphatic heterocycles. The maximum Gasteiger partial charge on any atom is 0.292 e. The fourth-order valence-corrected chi connectivity index (χ4v) is 1.24. The zero-order valence-corrected chi connectivity index (χ0v) is 10.6. The standard InChI is InChI=1S/C10H14N2O3.C2H6/c1-8-3-4-9(11-5-2-6-13)10(7-8)12(14)15;1-2/h3-4,7,11,13H,2,5-6H2,1H3;1-2H3. The second kappa shape index (κ2) is 8.52. The zero-order chi connectivity index (χ0) is 13.3. The Morgan fingerprint density at radius 3 is 2.59 bits per heavy atom. The summed E-state index contributed by atoms with van der Waals surface area (Å²) in [5.74, 6) is 0. The Morgan fingerprint density at radius 1 is 1.41 bits per heavy atom. The quantitative estimate of drug-likeness (QED) is 0.471. The first-order valence-corrected chi connectivity index (χ1v) is 5.75. The highest BCUT2D eigenvalue weighted by molar-refractivity contribution is 5.62. The molecule has 0 heterocycles. The number of benzene rings is 1. The van der Waals surface area contributed by atoms with Crippen molar-refractivity contribution in [3.05, 3.63) is 33.9 Å². The number of rotatable bonds is 5. The lowest BCUT2D eigenvalue weighted by molar-refractivity contribution is -0.384. The van der Waals surface area contributed by atoms with Gasteiger partial charge in [-0.2, -0.15) is 0 Å². The van der Waals surface area contributed by atoms with E-state index in [1.807, 2.05) is 26.8 Å². The lowest BCUT2D eigenvalue weighted by Crippen LogP contribution is -2.05. The molecule has 5 heteroatoms. The first-order valence-electron chi connectivity index (χ1n) is 5.75. The van der Waals surface area contributed by atoms with Gasteiger partial charge in [-0.05, 0) is 25.0 Å². The molecule has 0 unspecified atom stereocenters. The average Bonchev–Trinajstić information content (AvgIpc) is 2.33. The highest BCUT2D eigenvalue weighted by atomic mass is 16.6. The number of aliphatic hydroxyl groups excluding tert-OH is 1. The van der Waals surface area contributed by atoms with E-state index in [1.165, 1.54) is 6.07 Å². The molecule has 0 amide bonds. The number of aryl methyl sites for hydroxylation is 1. The third-order valence-corrected chi connectivity index (χ3v) is 2.00. The van der Waals surface area contributed by atoms with E-state index in [1.54, 1.807) is 6.07 Å². The summed E-state index contributed by atoms with van der Waals surface area (Å²) in [6, 6.07) is 5.03. The lowest BCUT2D eigenvalue weighted by atomic mass is 10.2. The second-order valence-corrected chi connectivity index (χ2v) is 3.28. The van der Waals surface area contributed by atoms with Crippen molar-refractivity contribution in [3.8, 4) is 0 Å². The molecular formula is C12H20N2O3. The van der Waals surface area contributed by atoms with Gasteiger partial charge in [0.15, 0.2) is 0 Å². The number of nitrogens with one attached hydrogen (secondary N) is 1. The molecule has 0 spiro atoms. The van der Waals surface area contributed by atoms with Crippen LogP contribution in [0.5, 0.6) is 0 Å². The second-order valence-electron chi connectivity index (χ2n) is 3.28. The molecule has 0 aliphatic rings. The topological polar surface area (TPSA) is 75.4 Å². The van der Waals surface area contributed by atoms with Crippen LogP contribution in [0.2, 0.25) is 0 Å². The molecule has 5 nitrogen and oxygen atoms in total. The fraction of sp³-hybridized carbons (Fsp3) is 0.500. The van der Waals surface area contributed by atoms with Crippen molar-refractivity contribution < 1.29 is 10.0 Å². The Hall–Kier alpha value is -1.62. The molecule has 1 aromatic carbocycles. The highest BCUT2D eigenvalue weighted by Gasteiger charge is 2.12. The zero-order valence-electron chi connectivity index (χ0n) is 10.6. The summed E-state index contributed by atoms with van der Waals surface area (Å²) in [5, 5.41) is 22.2. The minimum atomic E-state index is -0.408.